The van der Waals surface area contributed by atoms with Crippen molar-refractivity contribution in [3.8, 4) is 0 Å². The summed E-state index contributed by atoms with van der Waals surface area (Å²) in [7, 11) is 1.86. The molecule has 1 fully saturated rings. The van der Waals surface area contributed by atoms with E-state index in [-0.39, 0.29) is 6.09 Å². The Morgan fingerprint density at radius 2 is 1.88 bits per heavy atom. The highest BCUT2D eigenvalue weighted by atomic mass is 16.6. The van der Waals surface area contributed by atoms with Gasteiger partial charge in [-0.05, 0) is 40.7 Å². The summed E-state index contributed by atoms with van der Waals surface area (Å²) in [4.78, 5) is 13.5. The van der Waals surface area contributed by atoms with Crippen molar-refractivity contribution >= 4 is 6.09 Å². The molecule has 0 radical (unpaired) electrons. The van der Waals surface area contributed by atoms with Crippen molar-refractivity contribution < 1.29 is 9.53 Å². The van der Waals surface area contributed by atoms with E-state index in [9.17, 15) is 4.79 Å². The molecule has 1 amide bonds. The number of likely N-dealkylation sites (tertiary alicyclic amines) is 1. The summed E-state index contributed by atoms with van der Waals surface area (Å²) in [6, 6.07) is 0.448. The van der Waals surface area contributed by atoms with Crippen LogP contribution < -0.4 is 10.9 Å². The number of nitrogens with one attached hydrogen (secondary N) is 2. The number of amides is 1. The lowest BCUT2D eigenvalue weighted by atomic mass is 10.1. The lowest BCUT2D eigenvalue weighted by Crippen LogP contribution is -2.49. The first kappa shape index (κ1) is 13.3. The summed E-state index contributed by atoms with van der Waals surface area (Å²) < 4.78 is 5.32. The van der Waals surface area contributed by atoms with E-state index in [4.69, 9.17) is 4.74 Å². The zero-order valence-corrected chi connectivity index (χ0v) is 10.7. The van der Waals surface area contributed by atoms with Crippen LogP contribution in [0.25, 0.3) is 0 Å². The van der Waals surface area contributed by atoms with Crippen molar-refractivity contribution in [3.63, 3.8) is 0 Å². The monoisotopic (exact) mass is 229 g/mol. The van der Waals surface area contributed by atoms with Gasteiger partial charge >= 0.3 is 6.09 Å². The van der Waals surface area contributed by atoms with E-state index in [1.54, 1.807) is 4.90 Å². The molecule has 0 spiro atoms. The molecule has 5 nitrogen and oxygen atoms in total. The average Bonchev–Trinajstić information content (AvgIpc) is 2.16. The molecule has 0 atom stereocenters. The number of nitrogens with zero attached hydrogens (tertiary/aromatic N) is 1. The standard InChI is InChI=1S/C11H23N3O2/c1-11(2,3)16-10(15)14-7-5-9(6-8-14)13-12-4/h9,12-13H,5-8H2,1-4H3. The Kier molecular flexibility index (Phi) is 4.56. The lowest BCUT2D eigenvalue weighted by molar-refractivity contribution is 0.0195. The van der Waals surface area contributed by atoms with Crippen molar-refractivity contribution in [2.24, 2.45) is 0 Å². The lowest BCUT2D eigenvalue weighted by Gasteiger charge is -2.33. The van der Waals surface area contributed by atoms with Gasteiger partial charge in [0.2, 0.25) is 0 Å². The van der Waals surface area contributed by atoms with E-state index in [1.807, 2.05) is 27.8 Å². The van der Waals surface area contributed by atoms with E-state index in [1.165, 1.54) is 0 Å². The van der Waals surface area contributed by atoms with Gasteiger partial charge in [-0.1, -0.05) is 0 Å². The summed E-state index contributed by atoms with van der Waals surface area (Å²) in [6.07, 6.45) is 1.72. The van der Waals surface area contributed by atoms with Gasteiger partial charge in [-0.3, -0.25) is 10.9 Å². The zero-order valence-electron chi connectivity index (χ0n) is 10.7. The highest BCUT2D eigenvalue weighted by Crippen LogP contribution is 2.14. The SMILES string of the molecule is CNNC1CCN(C(=O)OC(C)(C)C)CC1. The Bertz CT molecular complexity index is 230. The molecular formula is C11H23N3O2. The van der Waals surface area contributed by atoms with Crippen molar-refractivity contribution in [2.75, 3.05) is 20.1 Å². The fourth-order valence-electron chi connectivity index (χ4n) is 1.74. The van der Waals surface area contributed by atoms with Crippen LogP contribution in [0.3, 0.4) is 0 Å². The molecule has 0 unspecified atom stereocenters. The molecule has 0 bridgehead atoms. The Balaban J connectivity index is 2.33. The molecule has 16 heavy (non-hydrogen) atoms. The minimum atomic E-state index is -0.406. The van der Waals surface area contributed by atoms with Gasteiger partial charge in [-0.25, -0.2) is 4.79 Å². The molecule has 0 aromatic carbocycles. The third-order valence-electron chi connectivity index (χ3n) is 2.50. The third-order valence-corrected chi connectivity index (χ3v) is 2.50. The molecule has 1 rings (SSSR count). The molecule has 94 valence electrons. The van der Waals surface area contributed by atoms with Crippen LogP contribution in [0.15, 0.2) is 0 Å². The second-order valence-corrected chi connectivity index (χ2v) is 5.14. The molecule has 5 heteroatoms. The molecule has 2 N–H and O–H groups in total. The Morgan fingerprint density at radius 1 is 1.31 bits per heavy atom. The minimum Gasteiger partial charge on any atom is -0.444 e. The third kappa shape index (κ3) is 4.37. The summed E-state index contributed by atoms with van der Waals surface area (Å²) in [6.45, 7) is 7.18. The number of hydrogen-bond acceptors (Lipinski definition) is 4. The maximum Gasteiger partial charge on any atom is 0.410 e. The number of ether oxygens (including phenoxy) is 1. The number of hydrogen-bond donors (Lipinski definition) is 2. The first-order valence-corrected chi connectivity index (χ1v) is 5.82. The molecular weight excluding hydrogens is 206 g/mol. The van der Waals surface area contributed by atoms with Crippen LogP contribution in [-0.4, -0.2) is 42.8 Å². The Hall–Kier alpha value is -0.810. The van der Waals surface area contributed by atoms with Crippen molar-refractivity contribution in [1.82, 2.24) is 15.8 Å². The van der Waals surface area contributed by atoms with Crippen molar-refractivity contribution in [1.29, 1.82) is 0 Å². The summed E-state index contributed by atoms with van der Waals surface area (Å²) in [5.41, 5.74) is 5.69. The highest BCUT2D eigenvalue weighted by Gasteiger charge is 2.26. The first-order chi connectivity index (χ1) is 7.42. The van der Waals surface area contributed by atoms with Crippen LogP contribution in [0.5, 0.6) is 0 Å². The number of carbonyl (C=O) groups excluding carboxylic acids is 1. The normalized spacial score (nSPS) is 18.6. The summed E-state index contributed by atoms with van der Waals surface area (Å²) in [5, 5.41) is 0. The zero-order chi connectivity index (χ0) is 12.2. The molecule has 0 aromatic rings. The topological polar surface area (TPSA) is 53.6 Å². The molecule has 1 heterocycles. The van der Waals surface area contributed by atoms with E-state index in [0.29, 0.717) is 6.04 Å². The maximum atomic E-state index is 11.7. The van der Waals surface area contributed by atoms with Gasteiger partial charge in [0.25, 0.3) is 0 Å². The molecule has 1 aliphatic heterocycles. The van der Waals surface area contributed by atoms with Gasteiger partial charge in [0, 0.05) is 19.1 Å². The average molecular weight is 229 g/mol. The number of rotatable bonds is 2. The van der Waals surface area contributed by atoms with E-state index in [2.05, 4.69) is 10.9 Å². The number of hydrazine groups is 1. The fraction of sp³-hybridized carbons (Fsp3) is 0.909. The van der Waals surface area contributed by atoms with Gasteiger partial charge in [-0.15, -0.1) is 0 Å². The van der Waals surface area contributed by atoms with Crippen molar-refractivity contribution in [2.45, 2.75) is 45.3 Å². The largest absolute Gasteiger partial charge is 0.444 e. The van der Waals surface area contributed by atoms with Gasteiger partial charge < -0.3 is 9.64 Å². The van der Waals surface area contributed by atoms with Crippen LogP contribution in [0.1, 0.15) is 33.6 Å². The molecule has 0 aliphatic carbocycles. The van der Waals surface area contributed by atoms with E-state index >= 15 is 0 Å². The van der Waals surface area contributed by atoms with Gasteiger partial charge in [0.15, 0.2) is 0 Å². The van der Waals surface area contributed by atoms with Crippen LogP contribution in [0, 0.1) is 0 Å². The van der Waals surface area contributed by atoms with Crippen LogP contribution in [0.4, 0.5) is 4.79 Å². The maximum absolute atomic E-state index is 11.7. The first-order valence-electron chi connectivity index (χ1n) is 5.82. The number of carbonyl (C=O) groups is 1. The molecule has 0 aromatic heterocycles. The second kappa shape index (κ2) is 5.50. The predicted molar refractivity (Wildman–Crippen MR) is 63.0 cm³/mol. The Morgan fingerprint density at radius 3 is 2.31 bits per heavy atom. The Labute approximate surface area is 97.5 Å². The van der Waals surface area contributed by atoms with E-state index < -0.39 is 5.60 Å². The molecule has 1 saturated heterocycles. The highest BCUT2D eigenvalue weighted by molar-refractivity contribution is 5.68. The summed E-state index contributed by atoms with van der Waals surface area (Å²) in [5.74, 6) is 0. The predicted octanol–water partition coefficient (Wildman–Crippen LogP) is 1.11. The minimum absolute atomic E-state index is 0.199. The molecule has 1 aliphatic rings. The molecule has 0 saturated carbocycles. The van der Waals surface area contributed by atoms with E-state index in [0.717, 1.165) is 25.9 Å². The van der Waals surface area contributed by atoms with Crippen LogP contribution >= 0.6 is 0 Å². The van der Waals surface area contributed by atoms with Crippen LogP contribution in [0.2, 0.25) is 0 Å². The fourth-order valence-corrected chi connectivity index (χ4v) is 1.74. The van der Waals surface area contributed by atoms with Crippen LogP contribution in [-0.2, 0) is 4.74 Å². The summed E-state index contributed by atoms with van der Waals surface area (Å²) >= 11 is 0. The smallest absolute Gasteiger partial charge is 0.410 e. The number of piperidine rings is 1. The quantitative estimate of drug-likeness (QED) is 0.696. The van der Waals surface area contributed by atoms with Gasteiger partial charge in [0.05, 0.1) is 0 Å². The second-order valence-electron chi connectivity index (χ2n) is 5.14. The van der Waals surface area contributed by atoms with Gasteiger partial charge in [-0.2, -0.15) is 0 Å². The van der Waals surface area contributed by atoms with Crippen molar-refractivity contribution in [3.05, 3.63) is 0 Å². The van der Waals surface area contributed by atoms with Gasteiger partial charge in [0.1, 0.15) is 5.60 Å².